The van der Waals surface area contributed by atoms with E-state index in [2.05, 4.69) is 0 Å². The Balaban J connectivity index is 2.60. The van der Waals surface area contributed by atoms with Gasteiger partial charge in [-0.2, -0.15) is 0 Å². The first-order valence-corrected chi connectivity index (χ1v) is 5.87. The maximum Gasteiger partial charge on any atom is 0.488 e. The van der Waals surface area contributed by atoms with Crippen molar-refractivity contribution >= 4 is 12.6 Å². The van der Waals surface area contributed by atoms with E-state index in [4.69, 9.17) is 14.2 Å². The van der Waals surface area contributed by atoms with E-state index in [0.717, 1.165) is 0 Å². The quantitative estimate of drug-likeness (QED) is 0.502. The van der Waals surface area contributed by atoms with E-state index in [1.165, 1.54) is 0 Å². The Morgan fingerprint density at radius 1 is 1.17 bits per heavy atom. The Morgan fingerprint density at radius 3 is 2.50 bits per heavy atom. The molecule has 0 unspecified atom stereocenters. The average molecular weight is 254 g/mol. The fraction of sp³-hybridized carbons (Fsp3) is 0.500. The van der Waals surface area contributed by atoms with Crippen molar-refractivity contribution in [3.8, 4) is 5.75 Å². The standard InChI is InChI=1S/C12H19BO5/c1-3-17-6-7-18-9-10-8-11(16-2)4-5-12(10)13(14)15/h4-5,8,14-15H,3,6-7,9H2,1-2H3. The minimum Gasteiger partial charge on any atom is -0.497 e. The molecule has 0 aliphatic rings. The monoisotopic (exact) mass is 254 g/mol. The molecule has 0 aliphatic carbocycles. The molecule has 1 rings (SSSR count). The van der Waals surface area contributed by atoms with Gasteiger partial charge in [-0.1, -0.05) is 6.07 Å². The highest BCUT2D eigenvalue weighted by atomic mass is 16.5. The van der Waals surface area contributed by atoms with Crippen LogP contribution in [0.2, 0.25) is 0 Å². The number of rotatable bonds is 8. The van der Waals surface area contributed by atoms with Gasteiger partial charge in [0.15, 0.2) is 0 Å². The zero-order chi connectivity index (χ0) is 13.4. The third-order valence-electron chi connectivity index (χ3n) is 2.46. The summed E-state index contributed by atoms with van der Waals surface area (Å²) < 4.78 is 15.6. The molecule has 0 heterocycles. The molecule has 0 atom stereocenters. The van der Waals surface area contributed by atoms with Crippen LogP contribution < -0.4 is 10.2 Å². The van der Waals surface area contributed by atoms with Gasteiger partial charge in [0.25, 0.3) is 0 Å². The van der Waals surface area contributed by atoms with Gasteiger partial charge in [0.1, 0.15) is 5.75 Å². The molecular weight excluding hydrogens is 235 g/mol. The van der Waals surface area contributed by atoms with E-state index in [-0.39, 0.29) is 6.61 Å². The molecule has 5 nitrogen and oxygen atoms in total. The molecule has 100 valence electrons. The van der Waals surface area contributed by atoms with Crippen molar-refractivity contribution in [2.24, 2.45) is 0 Å². The summed E-state index contributed by atoms with van der Waals surface area (Å²) in [7, 11) is 0.0470. The van der Waals surface area contributed by atoms with Gasteiger partial charge in [0.05, 0.1) is 26.9 Å². The van der Waals surface area contributed by atoms with Crippen molar-refractivity contribution in [1.82, 2.24) is 0 Å². The first kappa shape index (κ1) is 15.0. The minimum absolute atomic E-state index is 0.289. The average Bonchev–Trinajstić information content (AvgIpc) is 2.38. The lowest BCUT2D eigenvalue weighted by atomic mass is 9.77. The molecule has 0 amide bonds. The summed E-state index contributed by atoms with van der Waals surface area (Å²) in [6.45, 7) is 3.85. The summed E-state index contributed by atoms with van der Waals surface area (Å²) >= 11 is 0. The summed E-state index contributed by atoms with van der Waals surface area (Å²) in [6.07, 6.45) is 0. The van der Waals surface area contributed by atoms with E-state index >= 15 is 0 Å². The first-order chi connectivity index (χ1) is 8.69. The normalized spacial score (nSPS) is 10.4. The molecule has 0 aliphatic heterocycles. The number of benzene rings is 1. The number of ether oxygens (including phenoxy) is 3. The largest absolute Gasteiger partial charge is 0.497 e. The number of hydrogen-bond acceptors (Lipinski definition) is 5. The van der Waals surface area contributed by atoms with Crippen LogP contribution in [-0.4, -0.2) is 44.1 Å². The highest BCUT2D eigenvalue weighted by molar-refractivity contribution is 6.59. The molecule has 0 bridgehead atoms. The third-order valence-corrected chi connectivity index (χ3v) is 2.46. The van der Waals surface area contributed by atoms with Crippen LogP contribution in [0, 0.1) is 0 Å². The second-order valence-corrected chi connectivity index (χ2v) is 3.69. The second kappa shape index (κ2) is 8.10. The lowest BCUT2D eigenvalue weighted by molar-refractivity contribution is 0.0454. The van der Waals surface area contributed by atoms with Gasteiger partial charge >= 0.3 is 7.12 Å². The second-order valence-electron chi connectivity index (χ2n) is 3.69. The number of hydrogen-bond donors (Lipinski definition) is 2. The van der Waals surface area contributed by atoms with Crippen LogP contribution in [0.25, 0.3) is 0 Å². The molecular formula is C12H19BO5. The van der Waals surface area contributed by atoms with Crippen molar-refractivity contribution in [2.75, 3.05) is 26.9 Å². The van der Waals surface area contributed by atoms with Crippen molar-refractivity contribution in [2.45, 2.75) is 13.5 Å². The van der Waals surface area contributed by atoms with Crippen LogP contribution >= 0.6 is 0 Å². The van der Waals surface area contributed by atoms with Crippen molar-refractivity contribution in [3.63, 3.8) is 0 Å². The lowest BCUT2D eigenvalue weighted by Gasteiger charge is -2.11. The van der Waals surface area contributed by atoms with Gasteiger partial charge in [-0.05, 0) is 30.1 Å². The van der Waals surface area contributed by atoms with E-state index in [0.29, 0.717) is 36.6 Å². The van der Waals surface area contributed by atoms with Crippen LogP contribution in [-0.2, 0) is 16.1 Å². The maximum absolute atomic E-state index is 9.24. The van der Waals surface area contributed by atoms with Crippen LogP contribution in [0.1, 0.15) is 12.5 Å². The SMILES string of the molecule is CCOCCOCc1cc(OC)ccc1B(O)O. The van der Waals surface area contributed by atoms with E-state index < -0.39 is 7.12 Å². The van der Waals surface area contributed by atoms with Gasteiger partial charge < -0.3 is 24.3 Å². The summed E-state index contributed by atoms with van der Waals surface area (Å²) in [5.41, 5.74) is 1.12. The Bertz CT molecular complexity index is 356. The zero-order valence-electron chi connectivity index (χ0n) is 10.8. The van der Waals surface area contributed by atoms with E-state index in [1.807, 2.05) is 6.92 Å². The fourth-order valence-electron chi connectivity index (χ4n) is 1.53. The van der Waals surface area contributed by atoms with Crippen molar-refractivity contribution < 1.29 is 24.3 Å². The summed E-state index contributed by atoms with van der Waals surface area (Å²) in [6, 6.07) is 5.03. The molecule has 0 aromatic heterocycles. The molecule has 0 saturated heterocycles. The van der Waals surface area contributed by atoms with E-state index in [1.54, 1.807) is 25.3 Å². The Morgan fingerprint density at radius 2 is 1.89 bits per heavy atom. The first-order valence-electron chi connectivity index (χ1n) is 5.87. The predicted octanol–water partition coefficient (Wildman–Crippen LogP) is -0.0719. The molecule has 1 aromatic carbocycles. The topological polar surface area (TPSA) is 68.2 Å². The molecule has 6 heteroatoms. The van der Waals surface area contributed by atoms with Crippen LogP contribution in [0.3, 0.4) is 0 Å². The van der Waals surface area contributed by atoms with Crippen LogP contribution in [0.4, 0.5) is 0 Å². The molecule has 0 radical (unpaired) electrons. The minimum atomic E-state index is -1.51. The molecule has 0 spiro atoms. The van der Waals surface area contributed by atoms with Crippen LogP contribution in [0.15, 0.2) is 18.2 Å². The predicted molar refractivity (Wildman–Crippen MR) is 69.0 cm³/mol. The van der Waals surface area contributed by atoms with Crippen molar-refractivity contribution in [1.29, 1.82) is 0 Å². The van der Waals surface area contributed by atoms with Gasteiger partial charge in [0.2, 0.25) is 0 Å². The van der Waals surface area contributed by atoms with E-state index in [9.17, 15) is 10.0 Å². The maximum atomic E-state index is 9.24. The van der Waals surface area contributed by atoms with Crippen molar-refractivity contribution in [3.05, 3.63) is 23.8 Å². The summed E-state index contributed by atoms with van der Waals surface area (Å²) in [5.74, 6) is 0.655. The highest BCUT2D eigenvalue weighted by Crippen LogP contribution is 2.12. The molecule has 2 N–H and O–H groups in total. The summed E-state index contributed by atoms with van der Waals surface area (Å²) in [5, 5.41) is 18.5. The lowest BCUT2D eigenvalue weighted by Crippen LogP contribution is -2.33. The zero-order valence-corrected chi connectivity index (χ0v) is 10.8. The molecule has 1 aromatic rings. The summed E-state index contributed by atoms with van der Waals surface area (Å²) in [4.78, 5) is 0. The Hall–Kier alpha value is -1.08. The molecule has 0 saturated carbocycles. The smallest absolute Gasteiger partial charge is 0.488 e. The van der Waals surface area contributed by atoms with Gasteiger partial charge in [-0.3, -0.25) is 0 Å². The highest BCUT2D eigenvalue weighted by Gasteiger charge is 2.16. The Labute approximate surface area is 107 Å². The van der Waals surface area contributed by atoms with Gasteiger partial charge in [-0.25, -0.2) is 0 Å². The Kier molecular flexibility index (Phi) is 6.74. The number of methoxy groups -OCH3 is 1. The van der Waals surface area contributed by atoms with Crippen LogP contribution in [0.5, 0.6) is 5.75 Å². The molecule has 18 heavy (non-hydrogen) atoms. The fourth-order valence-corrected chi connectivity index (χ4v) is 1.53. The third kappa shape index (κ3) is 4.66. The van der Waals surface area contributed by atoms with Gasteiger partial charge in [0, 0.05) is 6.61 Å². The molecule has 0 fully saturated rings. The van der Waals surface area contributed by atoms with Gasteiger partial charge in [-0.15, -0.1) is 0 Å².